The first kappa shape index (κ1) is 12.1. The Kier molecular flexibility index (Phi) is 2.39. The second kappa shape index (κ2) is 3.34. The van der Waals surface area contributed by atoms with E-state index in [0.29, 0.717) is 11.3 Å². The highest BCUT2D eigenvalue weighted by Gasteiger charge is 2.48. The predicted molar refractivity (Wildman–Crippen MR) is 61.0 cm³/mol. The molecule has 1 nitrogen and oxygen atoms in total. The highest BCUT2D eigenvalue weighted by molar-refractivity contribution is 5.93. The Balaban J connectivity index is 2.78. The molecule has 0 unspecified atom stereocenters. The lowest BCUT2D eigenvalue weighted by atomic mass is 9.79. The van der Waals surface area contributed by atoms with E-state index in [1.54, 1.807) is 6.07 Å². The van der Waals surface area contributed by atoms with Gasteiger partial charge in [0.1, 0.15) is 7.05 Å². The summed E-state index contributed by atoms with van der Waals surface area (Å²) in [6, 6.07) is 4.36. The third-order valence-corrected chi connectivity index (χ3v) is 3.74. The highest BCUT2D eigenvalue weighted by Crippen LogP contribution is 2.45. The summed E-state index contributed by atoms with van der Waals surface area (Å²) >= 11 is 0. The largest absolute Gasteiger partial charge is 0.416 e. The number of hydrogen-bond acceptors (Lipinski definition) is 0. The number of nitrogens with zero attached hydrogens (tertiary/aromatic N) is 1. The zero-order chi connectivity index (χ0) is 13.0. The average molecular weight is 242 g/mol. The molecule has 2 rings (SSSR count). The maximum Gasteiger partial charge on any atom is 0.416 e. The molecule has 17 heavy (non-hydrogen) atoms. The molecular formula is C13H15F3N+. The molecule has 0 spiro atoms. The van der Waals surface area contributed by atoms with Gasteiger partial charge in [0.2, 0.25) is 5.69 Å². The molecule has 0 aliphatic carbocycles. The Hall–Kier alpha value is -1.32. The Bertz CT molecular complexity index is 510. The second-order valence-corrected chi connectivity index (χ2v) is 4.97. The lowest BCUT2D eigenvalue weighted by Gasteiger charge is -2.20. The van der Waals surface area contributed by atoms with E-state index in [2.05, 4.69) is 0 Å². The summed E-state index contributed by atoms with van der Waals surface area (Å²) in [5.41, 5.74) is 0.874. The molecule has 0 amide bonds. The second-order valence-electron chi connectivity index (χ2n) is 4.97. The number of halogens is 3. The SMILES string of the molecule is CC1=[N+](C)c2cccc(C(F)(F)F)c2C1(C)C. The highest BCUT2D eigenvalue weighted by atomic mass is 19.4. The summed E-state index contributed by atoms with van der Waals surface area (Å²) in [4.78, 5) is 0. The van der Waals surface area contributed by atoms with Gasteiger partial charge in [-0.2, -0.15) is 13.2 Å². The molecule has 4 heteroatoms. The molecule has 1 aromatic carbocycles. The van der Waals surface area contributed by atoms with Crippen LogP contribution in [0, 0.1) is 0 Å². The molecule has 0 radical (unpaired) electrons. The average Bonchev–Trinajstić information content (AvgIpc) is 2.40. The molecule has 0 N–H and O–H groups in total. The Morgan fingerprint density at radius 2 is 1.76 bits per heavy atom. The smallest absolute Gasteiger partial charge is 0.202 e. The maximum atomic E-state index is 13.0. The fourth-order valence-corrected chi connectivity index (χ4v) is 2.49. The summed E-state index contributed by atoms with van der Waals surface area (Å²) in [6.45, 7) is 5.54. The first-order valence-corrected chi connectivity index (χ1v) is 5.46. The molecular weight excluding hydrogens is 227 g/mol. The van der Waals surface area contributed by atoms with E-state index in [1.165, 1.54) is 6.07 Å². The number of fused-ring (bicyclic) bond motifs is 1. The van der Waals surface area contributed by atoms with Crippen molar-refractivity contribution in [1.82, 2.24) is 0 Å². The summed E-state index contributed by atoms with van der Waals surface area (Å²) in [7, 11) is 1.81. The zero-order valence-electron chi connectivity index (χ0n) is 10.3. The first-order valence-electron chi connectivity index (χ1n) is 5.46. The summed E-state index contributed by atoms with van der Waals surface area (Å²) in [5.74, 6) is 0. The fourth-order valence-electron chi connectivity index (χ4n) is 2.49. The van der Waals surface area contributed by atoms with Gasteiger partial charge >= 0.3 is 6.18 Å². The van der Waals surface area contributed by atoms with E-state index in [-0.39, 0.29) is 0 Å². The van der Waals surface area contributed by atoms with Crippen LogP contribution in [0.15, 0.2) is 18.2 Å². The van der Waals surface area contributed by atoms with Crippen LogP contribution < -0.4 is 0 Å². The van der Waals surface area contributed by atoms with E-state index >= 15 is 0 Å². The van der Waals surface area contributed by atoms with E-state index < -0.39 is 17.2 Å². The van der Waals surface area contributed by atoms with Crippen LogP contribution in [0.1, 0.15) is 31.9 Å². The monoisotopic (exact) mass is 242 g/mol. The van der Waals surface area contributed by atoms with Crippen LogP contribution in [0.3, 0.4) is 0 Å². The molecule has 0 aromatic heterocycles. The molecule has 1 aliphatic rings. The molecule has 0 fully saturated rings. The predicted octanol–water partition coefficient (Wildman–Crippen LogP) is 3.73. The van der Waals surface area contributed by atoms with Crippen molar-refractivity contribution in [2.75, 3.05) is 7.05 Å². The van der Waals surface area contributed by atoms with Crippen molar-refractivity contribution in [2.45, 2.75) is 32.4 Å². The zero-order valence-corrected chi connectivity index (χ0v) is 10.3. The molecule has 0 saturated heterocycles. The van der Waals surface area contributed by atoms with E-state index in [0.717, 1.165) is 11.8 Å². The van der Waals surface area contributed by atoms with Crippen LogP contribution in [0.5, 0.6) is 0 Å². The van der Waals surface area contributed by atoms with Crippen LogP contribution in [-0.2, 0) is 11.6 Å². The van der Waals surface area contributed by atoms with Gasteiger partial charge in [0.25, 0.3) is 0 Å². The van der Waals surface area contributed by atoms with Crippen molar-refractivity contribution in [2.24, 2.45) is 0 Å². The van der Waals surface area contributed by atoms with Crippen molar-refractivity contribution < 1.29 is 17.7 Å². The first-order chi connectivity index (χ1) is 7.67. The van der Waals surface area contributed by atoms with Crippen LogP contribution in [0.4, 0.5) is 18.9 Å². The van der Waals surface area contributed by atoms with Crippen LogP contribution in [0.25, 0.3) is 0 Å². The summed E-state index contributed by atoms with van der Waals surface area (Å²) in [6.07, 6.45) is -4.30. The minimum Gasteiger partial charge on any atom is -0.202 e. The standard InChI is InChI=1S/C13H15F3N/c1-8-12(2,3)11-9(13(14,15)16)6-5-7-10(11)17(8)4/h5-7H,1-4H3/q+1. The number of rotatable bonds is 0. The number of benzene rings is 1. The molecule has 1 aliphatic heterocycles. The summed E-state index contributed by atoms with van der Waals surface area (Å²) in [5, 5.41) is 0. The van der Waals surface area contributed by atoms with Crippen LogP contribution in [0.2, 0.25) is 0 Å². The lowest BCUT2D eigenvalue weighted by Crippen LogP contribution is -2.28. The van der Waals surface area contributed by atoms with Crippen LogP contribution in [-0.4, -0.2) is 17.3 Å². The topological polar surface area (TPSA) is 3.01 Å². The van der Waals surface area contributed by atoms with Gasteiger partial charge in [0.15, 0.2) is 5.71 Å². The minimum absolute atomic E-state index is 0.382. The van der Waals surface area contributed by atoms with E-state index in [9.17, 15) is 13.2 Å². The molecule has 1 aromatic rings. The van der Waals surface area contributed by atoms with Crippen LogP contribution >= 0.6 is 0 Å². The van der Waals surface area contributed by atoms with Gasteiger partial charge < -0.3 is 0 Å². The van der Waals surface area contributed by atoms with E-state index in [4.69, 9.17) is 0 Å². The van der Waals surface area contributed by atoms with Crippen molar-refractivity contribution >= 4 is 11.4 Å². The minimum atomic E-state index is -4.30. The molecule has 1 heterocycles. The Morgan fingerprint density at radius 1 is 1.18 bits per heavy atom. The van der Waals surface area contributed by atoms with Gasteiger partial charge in [-0.3, -0.25) is 0 Å². The molecule has 92 valence electrons. The lowest BCUT2D eigenvalue weighted by molar-refractivity contribution is -0.403. The van der Waals surface area contributed by atoms with Gasteiger partial charge in [-0.05, 0) is 19.9 Å². The van der Waals surface area contributed by atoms with Gasteiger partial charge in [-0.15, -0.1) is 0 Å². The van der Waals surface area contributed by atoms with Gasteiger partial charge in [0, 0.05) is 13.0 Å². The third kappa shape index (κ3) is 1.58. The Labute approximate surface area is 98.6 Å². The number of hydrogen-bond donors (Lipinski definition) is 0. The van der Waals surface area contributed by atoms with Gasteiger partial charge in [0.05, 0.1) is 16.5 Å². The maximum absolute atomic E-state index is 13.0. The third-order valence-electron chi connectivity index (χ3n) is 3.74. The number of alkyl halides is 3. The normalized spacial score (nSPS) is 18.5. The summed E-state index contributed by atoms with van der Waals surface area (Å²) < 4.78 is 40.9. The quantitative estimate of drug-likeness (QED) is 0.610. The van der Waals surface area contributed by atoms with Crippen molar-refractivity contribution in [3.63, 3.8) is 0 Å². The van der Waals surface area contributed by atoms with Crippen molar-refractivity contribution in [3.8, 4) is 0 Å². The van der Waals surface area contributed by atoms with Gasteiger partial charge in [-0.25, -0.2) is 4.58 Å². The molecule has 0 atom stereocenters. The Morgan fingerprint density at radius 3 is 2.29 bits per heavy atom. The van der Waals surface area contributed by atoms with Gasteiger partial charge in [-0.1, -0.05) is 6.07 Å². The molecule has 0 saturated carbocycles. The molecule has 0 bridgehead atoms. The fraction of sp³-hybridized carbons (Fsp3) is 0.462. The van der Waals surface area contributed by atoms with E-state index in [1.807, 2.05) is 32.4 Å². The van der Waals surface area contributed by atoms with Crippen molar-refractivity contribution in [1.29, 1.82) is 0 Å². The van der Waals surface area contributed by atoms with Crippen molar-refractivity contribution in [3.05, 3.63) is 29.3 Å².